The molecule has 0 spiro atoms. The van der Waals surface area contributed by atoms with Crippen LogP contribution < -0.4 is 0 Å². The van der Waals surface area contributed by atoms with Gasteiger partial charge in [-0.05, 0) is 30.9 Å². The number of hydrogen-bond acceptors (Lipinski definition) is 1. The average molecular weight is 251 g/mol. The second-order valence-electron chi connectivity index (χ2n) is 3.85. The minimum Gasteiger partial charge on any atom is -0.281 e. The smallest absolute Gasteiger partial charge is 0.221 e. The lowest BCUT2D eigenvalue weighted by atomic mass is 10.1. The normalized spacial score (nSPS) is 10.3. The molecule has 15 heavy (non-hydrogen) atoms. The van der Waals surface area contributed by atoms with E-state index in [0.29, 0.717) is 6.42 Å². The van der Waals surface area contributed by atoms with Crippen molar-refractivity contribution in [3.05, 3.63) is 11.6 Å². The monoisotopic (exact) mass is 250 g/mol. The topological polar surface area (TPSA) is 17.1 Å². The molecule has 0 saturated heterocycles. The van der Waals surface area contributed by atoms with Crippen molar-refractivity contribution in [2.45, 2.75) is 57.8 Å². The van der Waals surface area contributed by atoms with Gasteiger partial charge in [0.1, 0.15) is 0 Å². The van der Waals surface area contributed by atoms with Gasteiger partial charge in [0.25, 0.3) is 0 Å². The molecule has 0 N–H and O–H groups in total. The molecule has 0 rings (SSSR count). The number of carbonyl (C=O) groups excluding carboxylic acids is 1. The molecule has 0 heterocycles. The first-order chi connectivity index (χ1) is 7.13. The van der Waals surface area contributed by atoms with Crippen LogP contribution in [0.15, 0.2) is 11.6 Å². The minimum absolute atomic E-state index is 0.212. The van der Waals surface area contributed by atoms with E-state index in [-0.39, 0.29) is 5.24 Å². The molecule has 0 aliphatic carbocycles. The first kappa shape index (κ1) is 15.0. The van der Waals surface area contributed by atoms with Crippen LogP contribution in [0, 0.1) is 0 Å². The lowest BCUT2D eigenvalue weighted by Crippen LogP contribution is -1.86. The predicted octanol–water partition coefficient (Wildman–Crippen LogP) is 5.02. The molecule has 0 aliphatic rings. The highest BCUT2D eigenvalue weighted by molar-refractivity contribution is 6.63. The van der Waals surface area contributed by atoms with Gasteiger partial charge in [0, 0.05) is 11.5 Å². The van der Waals surface area contributed by atoms with Gasteiger partial charge in [-0.25, -0.2) is 0 Å². The van der Waals surface area contributed by atoms with E-state index in [1.807, 2.05) is 0 Å². The van der Waals surface area contributed by atoms with Crippen LogP contribution in [-0.2, 0) is 4.79 Å². The molecule has 3 heteroatoms. The maximum Gasteiger partial charge on any atom is 0.221 e. The minimum atomic E-state index is -0.212. The second-order valence-corrected chi connectivity index (χ2v) is 4.80. The number of allylic oxidation sites excluding steroid dienone is 1. The van der Waals surface area contributed by atoms with Gasteiger partial charge in [-0.15, -0.1) is 0 Å². The molecule has 0 aliphatic heterocycles. The van der Waals surface area contributed by atoms with Crippen LogP contribution in [0.5, 0.6) is 0 Å². The number of halogens is 2. The highest BCUT2D eigenvalue weighted by Crippen LogP contribution is 2.13. The van der Waals surface area contributed by atoms with E-state index < -0.39 is 0 Å². The molecule has 0 bridgehead atoms. The molecule has 0 radical (unpaired) electrons. The largest absolute Gasteiger partial charge is 0.281 e. The Labute approximate surface area is 103 Å². The van der Waals surface area contributed by atoms with Crippen LogP contribution in [0.2, 0.25) is 0 Å². The number of unbranched alkanes of at least 4 members (excludes halogenated alkanes) is 6. The van der Waals surface area contributed by atoms with E-state index in [0.717, 1.165) is 30.7 Å². The van der Waals surface area contributed by atoms with Gasteiger partial charge < -0.3 is 0 Å². The maximum absolute atomic E-state index is 10.4. The quantitative estimate of drug-likeness (QED) is 0.393. The van der Waals surface area contributed by atoms with E-state index in [1.54, 1.807) is 0 Å². The third-order valence-corrected chi connectivity index (χ3v) is 2.70. The van der Waals surface area contributed by atoms with E-state index in [2.05, 4.69) is 6.58 Å². The summed E-state index contributed by atoms with van der Waals surface area (Å²) in [5.41, 5.74) is 0. The van der Waals surface area contributed by atoms with Gasteiger partial charge in [0.05, 0.1) is 0 Å². The van der Waals surface area contributed by atoms with Crippen molar-refractivity contribution in [2.24, 2.45) is 0 Å². The lowest BCUT2D eigenvalue weighted by molar-refractivity contribution is -0.111. The molecule has 0 atom stereocenters. The zero-order valence-corrected chi connectivity index (χ0v) is 10.7. The van der Waals surface area contributed by atoms with E-state index in [4.69, 9.17) is 23.2 Å². The molecule has 0 unspecified atom stereocenters. The molecule has 0 amide bonds. The Kier molecular flexibility index (Phi) is 10.5. The molecule has 0 aromatic carbocycles. The average Bonchev–Trinajstić information content (AvgIpc) is 2.14. The van der Waals surface area contributed by atoms with Gasteiger partial charge in [-0.3, -0.25) is 4.79 Å². The summed E-state index contributed by atoms with van der Waals surface area (Å²) in [7, 11) is 0. The van der Waals surface area contributed by atoms with Gasteiger partial charge in [-0.1, -0.05) is 50.3 Å². The molecule has 1 nitrogen and oxygen atoms in total. The molecule has 0 aromatic heterocycles. The highest BCUT2D eigenvalue weighted by atomic mass is 35.5. The van der Waals surface area contributed by atoms with Crippen LogP contribution >= 0.6 is 23.2 Å². The van der Waals surface area contributed by atoms with Gasteiger partial charge in [-0.2, -0.15) is 0 Å². The summed E-state index contributed by atoms with van der Waals surface area (Å²) in [6.07, 6.45) is 9.55. The lowest BCUT2D eigenvalue weighted by Gasteiger charge is -2.00. The zero-order valence-electron chi connectivity index (χ0n) is 9.24. The van der Waals surface area contributed by atoms with E-state index in [9.17, 15) is 4.79 Å². The number of hydrogen-bond donors (Lipinski definition) is 0. The fourth-order valence-corrected chi connectivity index (χ4v) is 1.73. The summed E-state index contributed by atoms with van der Waals surface area (Å²) >= 11 is 10.9. The van der Waals surface area contributed by atoms with Crippen molar-refractivity contribution >= 4 is 28.4 Å². The summed E-state index contributed by atoms with van der Waals surface area (Å²) in [5, 5.41) is 0.547. The fraction of sp³-hybridized carbons (Fsp3) is 0.750. The van der Waals surface area contributed by atoms with Crippen LogP contribution in [0.1, 0.15) is 57.8 Å². The Bertz CT molecular complexity index is 170. The summed E-state index contributed by atoms with van der Waals surface area (Å²) in [6.45, 7) is 3.65. The molecule has 0 fully saturated rings. The Morgan fingerprint density at radius 3 is 1.60 bits per heavy atom. The molecule has 88 valence electrons. The Hall–Kier alpha value is -0.0100. The first-order valence-corrected chi connectivity index (χ1v) is 6.40. The third-order valence-electron chi connectivity index (χ3n) is 2.32. The Morgan fingerprint density at radius 1 is 0.800 bits per heavy atom. The first-order valence-electron chi connectivity index (χ1n) is 5.64. The van der Waals surface area contributed by atoms with Crippen molar-refractivity contribution < 1.29 is 4.79 Å². The SMILES string of the molecule is C=C(Cl)CCCCCCCCCC(=O)Cl. The van der Waals surface area contributed by atoms with Gasteiger partial charge in [0.15, 0.2) is 0 Å². The Balaban J connectivity index is 2.99. The van der Waals surface area contributed by atoms with Crippen molar-refractivity contribution in [2.75, 3.05) is 0 Å². The molecular formula is C12H20Cl2O. The number of rotatable bonds is 10. The third kappa shape index (κ3) is 14.0. The summed E-state index contributed by atoms with van der Waals surface area (Å²) < 4.78 is 0. The molecular weight excluding hydrogens is 231 g/mol. The van der Waals surface area contributed by atoms with Gasteiger partial charge >= 0.3 is 0 Å². The van der Waals surface area contributed by atoms with Crippen LogP contribution in [-0.4, -0.2) is 5.24 Å². The number of carbonyl (C=O) groups is 1. The van der Waals surface area contributed by atoms with Crippen molar-refractivity contribution in [3.8, 4) is 0 Å². The standard InChI is InChI=1S/C12H20Cl2O/c1-11(13)9-7-5-3-2-4-6-8-10-12(14)15/h1-10H2. The van der Waals surface area contributed by atoms with Gasteiger partial charge in [0.2, 0.25) is 5.24 Å². The van der Waals surface area contributed by atoms with Crippen molar-refractivity contribution in [1.82, 2.24) is 0 Å². The fourth-order valence-electron chi connectivity index (χ4n) is 1.46. The van der Waals surface area contributed by atoms with Crippen molar-refractivity contribution in [3.63, 3.8) is 0 Å². The zero-order chi connectivity index (χ0) is 11.5. The summed E-state index contributed by atoms with van der Waals surface area (Å²) in [5.74, 6) is 0. The van der Waals surface area contributed by atoms with E-state index in [1.165, 1.54) is 25.7 Å². The Morgan fingerprint density at radius 2 is 1.20 bits per heavy atom. The molecule has 0 aromatic rings. The van der Waals surface area contributed by atoms with Crippen LogP contribution in [0.3, 0.4) is 0 Å². The molecule has 0 saturated carbocycles. The summed E-state index contributed by atoms with van der Waals surface area (Å²) in [4.78, 5) is 10.4. The van der Waals surface area contributed by atoms with Crippen LogP contribution in [0.25, 0.3) is 0 Å². The summed E-state index contributed by atoms with van der Waals surface area (Å²) in [6, 6.07) is 0. The second kappa shape index (κ2) is 10.5. The van der Waals surface area contributed by atoms with E-state index >= 15 is 0 Å². The highest BCUT2D eigenvalue weighted by Gasteiger charge is 1.96. The maximum atomic E-state index is 10.4. The predicted molar refractivity (Wildman–Crippen MR) is 67.4 cm³/mol. The van der Waals surface area contributed by atoms with Crippen molar-refractivity contribution in [1.29, 1.82) is 0 Å². The van der Waals surface area contributed by atoms with Crippen LogP contribution in [0.4, 0.5) is 0 Å².